The highest BCUT2D eigenvalue weighted by Crippen LogP contribution is 2.33. The first-order chi connectivity index (χ1) is 14.7. The van der Waals surface area contributed by atoms with Crippen LogP contribution in [0.25, 0.3) is 5.65 Å². The number of nitrogens with zero attached hydrogens (tertiary/aromatic N) is 5. The Balaban J connectivity index is 1.31. The van der Waals surface area contributed by atoms with E-state index in [2.05, 4.69) is 30.7 Å². The summed E-state index contributed by atoms with van der Waals surface area (Å²) in [4.78, 5) is 6.66. The van der Waals surface area contributed by atoms with Gasteiger partial charge in [-0.3, -0.25) is 9.39 Å². The van der Waals surface area contributed by atoms with Crippen LogP contribution in [0.5, 0.6) is 5.75 Å². The number of nitrogens with one attached hydrogen (secondary N) is 2. The summed E-state index contributed by atoms with van der Waals surface area (Å²) in [6.07, 6.45) is 3.74. The fourth-order valence-electron chi connectivity index (χ4n) is 3.75. The summed E-state index contributed by atoms with van der Waals surface area (Å²) in [6.45, 7) is 2.50. The molecule has 1 atom stereocenters. The van der Waals surface area contributed by atoms with Gasteiger partial charge in [-0.1, -0.05) is 17.7 Å². The van der Waals surface area contributed by atoms with Crippen molar-refractivity contribution in [2.24, 2.45) is 4.99 Å². The summed E-state index contributed by atoms with van der Waals surface area (Å²) in [5.41, 5.74) is 1.88. The second kappa shape index (κ2) is 9.21. The van der Waals surface area contributed by atoms with Crippen LogP contribution in [0, 0.1) is 0 Å². The van der Waals surface area contributed by atoms with E-state index in [-0.39, 0.29) is 6.04 Å². The molecule has 1 unspecified atom stereocenters. The highest BCUT2D eigenvalue weighted by molar-refractivity contribution is 6.30. The second-order valence-electron chi connectivity index (χ2n) is 7.19. The summed E-state index contributed by atoms with van der Waals surface area (Å²) < 4.78 is 7.50. The van der Waals surface area contributed by atoms with Crippen LogP contribution >= 0.6 is 11.6 Å². The van der Waals surface area contributed by atoms with Gasteiger partial charge in [0.2, 0.25) is 0 Å². The average molecular weight is 428 g/mol. The van der Waals surface area contributed by atoms with E-state index in [1.165, 1.54) is 0 Å². The van der Waals surface area contributed by atoms with Crippen molar-refractivity contribution in [3.63, 3.8) is 0 Å². The van der Waals surface area contributed by atoms with Crippen LogP contribution in [0.15, 0.2) is 47.6 Å². The molecule has 1 aromatic carbocycles. The maximum Gasteiger partial charge on any atom is 0.191 e. The zero-order valence-electron chi connectivity index (χ0n) is 17.2. The molecule has 1 aliphatic rings. The number of guanidine groups is 1. The van der Waals surface area contributed by atoms with Crippen molar-refractivity contribution in [2.45, 2.75) is 18.9 Å². The van der Waals surface area contributed by atoms with Crippen LogP contribution in [0.1, 0.15) is 12.2 Å². The van der Waals surface area contributed by atoms with E-state index >= 15 is 0 Å². The summed E-state index contributed by atoms with van der Waals surface area (Å²) in [5.74, 6) is 2.55. The van der Waals surface area contributed by atoms with Gasteiger partial charge in [0.25, 0.3) is 0 Å². The predicted octanol–water partition coefficient (Wildman–Crippen LogP) is 2.38. The lowest BCUT2D eigenvalue weighted by atomic mass is 10.2. The van der Waals surface area contributed by atoms with E-state index < -0.39 is 0 Å². The molecule has 0 spiro atoms. The molecule has 1 aliphatic heterocycles. The highest BCUT2D eigenvalue weighted by atomic mass is 35.5. The third kappa shape index (κ3) is 4.43. The molecule has 3 aromatic rings. The van der Waals surface area contributed by atoms with Gasteiger partial charge in [-0.25, -0.2) is 0 Å². The number of fused-ring (bicyclic) bond motifs is 1. The van der Waals surface area contributed by atoms with E-state index in [0.717, 1.165) is 54.8 Å². The van der Waals surface area contributed by atoms with Crippen molar-refractivity contribution in [1.82, 2.24) is 25.2 Å². The normalized spacial score (nSPS) is 16.8. The number of hydrogen-bond donors (Lipinski definition) is 2. The van der Waals surface area contributed by atoms with Crippen molar-refractivity contribution < 1.29 is 4.74 Å². The Hall–Kier alpha value is -3.00. The molecule has 158 valence electrons. The van der Waals surface area contributed by atoms with E-state index in [1.807, 2.05) is 47.0 Å². The largest absolute Gasteiger partial charge is 0.495 e. The minimum Gasteiger partial charge on any atom is -0.495 e. The van der Waals surface area contributed by atoms with Crippen LogP contribution < -0.4 is 20.3 Å². The summed E-state index contributed by atoms with van der Waals surface area (Å²) >= 11 is 6.19. The highest BCUT2D eigenvalue weighted by Gasteiger charge is 2.25. The topological polar surface area (TPSA) is 79.1 Å². The second-order valence-corrected chi connectivity index (χ2v) is 7.62. The Morgan fingerprint density at radius 1 is 1.30 bits per heavy atom. The minimum absolute atomic E-state index is 0.286. The number of aliphatic imine (C=N–C) groups is 1. The zero-order valence-corrected chi connectivity index (χ0v) is 17.9. The van der Waals surface area contributed by atoms with E-state index in [1.54, 1.807) is 14.2 Å². The SMILES string of the molecule is CN=C(NCCc1nnc2ccccn12)NC1CCN(c2cc(Cl)ccc2OC)C1. The van der Waals surface area contributed by atoms with Crippen molar-refractivity contribution in [3.05, 3.63) is 53.4 Å². The molecule has 8 nitrogen and oxygen atoms in total. The molecule has 1 saturated heterocycles. The smallest absolute Gasteiger partial charge is 0.191 e. The molecule has 0 amide bonds. The monoisotopic (exact) mass is 427 g/mol. The van der Waals surface area contributed by atoms with Crippen molar-refractivity contribution >= 4 is 28.9 Å². The molecule has 1 fully saturated rings. The Bertz CT molecular complexity index is 1040. The lowest BCUT2D eigenvalue weighted by Gasteiger charge is -2.22. The maximum absolute atomic E-state index is 6.19. The minimum atomic E-state index is 0.286. The van der Waals surface area contributed by atoms with Gasteiger partial charge >= 0.3 is 0 Å². The number of rotatable bonds is 6. The van der Waals surface area contributed by atoms with Crippen LogP contribution in [-0.2, 0) is 6.42 Å². The number of halogens is 1. The van der Waals surface area contributed by atoms with Gasteiger partial charge in [0.1, 0.15) is 11.6 Å². The van der Waals surface area contributed by atoms with Crippen LogP contribution in [-0.4, -0.2) is 60.4 Å². The van der Waals surface area contributed by atoms with Crippen molar-refractivity contribution in [2.75, 3.05) is 38.7 Å². The number of methoxy groups -OCH3 is 1. The van der Waals surface area contributed by atoms with Gasteiger partial charge in [0.05, 0.1) is 12.8 Å². The van der Waals surface area contributed by atoms with E-state index in [0.29, 0.717) is 11.6 Å². The first kappa shape index (κ1) is 20.3. The quantitative estimate of drug-likeness (QED) is 0.464. The zero-order chi connectivity index (χ0) is 20.9. The van der Waals surface area contributed by atoms with Gasteiger partial charge < -0.3 is 20.3 Å². The van der Waals surface area contributed by atoms with Crippen LogP contribution in [0.3, 0.4) is 0 Å². The average Bonchev–Trinajstić information content (AvgIpc) is 3.40. The number of pyridine rings is 1. The van der Waals surface area contributed by atoms with Gasteiger partial charge in [-0.15, -0.1) is 10.2 Å². The summed E-state index contributed by atoms with van der Waals surface area (Å²) in [7, 11) is 3.47. The van der Waals surface area contributed by atoms with E-state index in [4.69, 9.17) is 16.3 Å². The fourth-order valence-corrected chi connectivity index (χ4v) is 3.92. The standard InChI is InChI=1S/C21H26ClN7O/c1-23-21(24-10-8-20-27-26-19-5-3-4-11-29(19)20)25-16-9-12-28(14-16)17-13-15(22)6-7-18(17)30-2/h3-7,11,13,16H,8-10,12,14H2,1-2H3,(H2,23,24,25). The van der Waals surface area contributed by atoms with E-state index in [9.17, 15) is 0 Å². The third-order valence-corrected chi connectivity index (χ3v) is 5.49. The maximum atomic E-state index is 6.19. The number of benzene rings is 1. The lowest BCUT2D eigenvalue weighted by molar-refractivity contribution is 0.415. The van der Waals surface area contributed by atoms with Gasteiger partial charge in [-0.2, -0.15) is 0 Å². The molecule has 0 aliphatic carbocycles. The molecule has 0 saturated carbocycles. The Labute approximate surface area is 180 Å². The molecule has 2 aromatic heterocycles. The molecular weight excluding hydrogens is 402 g/mol. The molecule has 9 heteroatoms. The molecule has 4 rings (SSSR count). The van der Waals surface area contributed by atoms with Crippen molar-refractivity contribution in [1.29, 1.82) is 0 Å². The first-order valence-corrected chi connectivity index (χ1v) is 10.4. The Kier molecular flexibility index (Phi) is 6.23. The number of aromatic nitrogens is 3. The van der Waals surface area contributed by atoms with Crippen LogP contribution in [0.4, 0.5) is 5.69 Å². The summed E-state index contributed by atoms with van der Waals surface area (Å²) in [6, 6.07) is 11.9. The summed E-state index contributed by atoms with van der Waals surface area (Å²) in [5, 5.41) is 16.1. The van der Waals surface area contributed by atoms with Gasteiger partial charge in [0.15, 0.2) is 11.6 Å². The number of hydrogen-bond acceptors (Lipinski definition) is 5. The molecule has 0 bridgehead atoms. The van der Waals surface area contributed by atoms with Gasteiger partial charge in [0, 0.05) is 50.4 Å². The number of anilines is 1. The molecule has 30 heavy (non-hydrogen) atoms. The molecular formula is C21H26ClN7O. The Morgan fingerprint density at radius 2 is 2.20 bits per heavy atom. The number of ether oxygens (including phenoxy) is 1. The first-order valence-electron chi connectivity index (χ1n) is 10.0. The molecule has 0 radical (unpaired) electrons. The predicted molar refractivity (Wildman–Crippen MR) is 120 cm³/mol. The molecule has 3 heterocycles. The van der Waals surface area contributed by atoms with Crippen LogP contribution in [0.2, 0.25) is 5.02 Å². The van der Waals surface area contributed by atoms with Crippen molar-refractivity contribution in [3.8, 4) is 5.75 Å². The van der Waals surface area contributed by atoms with Gasteiger partial charge in [-0.05, 0) is 36.8 Å². The molecule has 2 N–H and O–H groups in total. The Morgan fingerprint density at radius 3 is 3.03 bits per heavy atom. The fraction of sp³-hybridized carbons (Fsp3) is 0.381. The lowest BCUT2D eigenvalue weighted by Crippen LogP contribution is -2.45. The third-order valence-electron chi connectivity index (χ3n) is 5.26.